The van der Waals surface area contributed by atoms with Crippen LogP contribution in [-0.2, 0) is 30.9 Å². The van der Waals surface area contributed by atoms with E-state index >= 15 is 0 Å². The van der Waals surface area contributed by atoms with E-state index < -0.39 is 0 Å². The SMILES string of the molecule is CC(C)(C)c1cc[c-]c(-c2cc(C(C)(C)C)ccn2)c1.[Ir].[c-]1cc2ccc3ccccc3c2cc1-c1cc(-c2ccccc2)ccn1. The van der Waals surface area contributed by atoms with Gasteiger partial charge in [-0.3, -0.25) is 0 Å². The zero-order valence-electron chi connectivity index (χ0n) is 27.9. The van der Waals surface area contributed by atoms with Gasteiger partial charge in [-0.1, -0.05) is 131 Å². The molecule has 5 aromatic carbocycles. The van der Waals surface area contributed by atoms with E-state index in [9.17, 15) is 0 Å². The number of fused-ring (bicyclic) bond motifs is 3. The van der Waals surface area contributed by atoms with Gasteiger partial charge in [-0.05, 0) is 61.8 Å². The van der Waals surface area contributed by atoms with Crippen molar-refractivity contribution in [1.29, 1.82) is 0 Å². The minimum atomic E-state index is 0. The first-order chi connectivity index (χ1) is 22.1. The summed E-state index contributed by atoms with van der Waals surface area (Å²) in [6.07, 6.45) is 3.77. The van der Waals surface area contributed by atoms with Gasteiger partial charge in [0.1, 0.15) is 0 Å². The summed E-state index contributed by atoms with van der Waals surface area (Å²) in [5.41, 5.74) is 9.31. The second-order valence-electron chi connectivity index (χ2n) is 13.9. The average Bonchev–Trinajstić information content (AvgIpc) is 3.08. The van der Waals surface area contributed by atoms with Gasteiger partial charge >= 0.3 is 0 Å². The van der Waals surface area contributed by atoms with Gasteiger partial charge in [0, 0.05) is 32.5 Å². The van der Waals surface area contributed by atoms with Crippen molar-refractivity contribution in [2.45, 2.75) is 52.4 Å². The largest absolute Gasteiger partial charge is 0.305 e. The topological polar surface area (TPSA) is 25.8 Å². The minimum Gasteiger partial charge on any atom is -0.305 e. The second kappa shape index (κ2) is 14.1. The van der Waals surface area contributed by atoms with Crippen molar-refractivity contribution in [3.63, 3.8) is 0 Å². The van der Waals surface area contributed by atoms with Crippen LogP contribution in [0.25, 0.3) is 55.2 Å². The number of benzene rings is 5. The Kier molecular flexibility index (Phi) is 10.2. The molecular weight excluding hydrogens is 749 g/mol. The molecule has 0 atom stereocenters. The van der Waals surface area contributed by atoms with Gasteiger partial charge < -0.3 is 9.97 Å². The van der Waals surface area contributed by atoms with E-state index in [1.54, 1.807) is 0 Å². The molecule has 3 heteroatoms. The van der Waals surface area contributed by atoms with E-state index in [2.05, 4.69) is 173 Å². The first-order valence-corrected chi connectivity index (χ1v) is 15.9. The van der Waals surface area contributed by atoms with E-state index in [4.69, 9.17) is 0 Å². The third-order valence-electron chi connectivity index (χ3n) is 8.39. The van der Waals surface area contributed by atoms with Crippen molar-refractivity contribution in [3.05, 3.63) is 157 Å². The molecule has 47 heavy (non-hydrogen) atoms. The molecule has 237 valence electrons. The zero-order chi connectivity index (χ0) is 32.3. The normalized spacial score (nSPS) is 11.4. The van der Waals surface area contributed by atoms with Crippen molar-refractivity contribution in [3.8, 4) is 33.6 Å². The number of hydrogen-bond acceptors (Lipinski definition) is 2. The molecule has 0 fully saturated rings. The molecular formula is C44H40IrN2-2. The molecule has 0 bridgehead atoms. The van der Waals surface area contributed by atoms with Gasteiger partial charge in [0.15, 0.2) is 0 Å². The van der Waals surface area contributed by atoms with Crippen LogP contribution in [0.15, 0.2) is 134 Å². The Morgan fingerprint density at radius 2 is 1.11 bits per heavy atom. The second-order valence-corrected chi connectivity index (χ2v) is 13.9. The van der Waals surface area contributed by atoms with Crippen molar-refractivity contribution in [2.24, 2.45) is 0 Å². The summed E-state index contributed by atoms with van der Waals surface area (Å²) in [6.45, 7) is 13.4. The number of nitrogens with zero attached hydrogens (tertiary/aromatic N) is 2. The van der Waals surface area contributed by atoms with Gasteiger partial charge in [0.05, 0.1) is 0 Å². The summed E-state index contributed by atoms with van der Waals surface area (Å²) in [7, 11) is 0. The first kappa shape index (κ1) is 33.9. The van der Waals surface area contributed by atoms with E-state index in [1.165, 1.54) is 43.8 Å². The van der Waals surface area contributed by atoms with Crippen molar-refractivity contribution < 1.29 is 20.1 Å². The van der Waals surface area contributed by atoms with Crippen LogP contribution in [0.1, 0.15) is 52.7 Å². The summed E-state index contributed by atoms with van der Waals surface area (Å²) >= 11 is 0. The monoisotopic (exact) mass is 789 g/mol. The molecule has 0 aliphatic carbocycles. The van der Waals surface area contributed by atoms with Gasteiger partial charge in [-0.2, -0.15) is 0 Å². The fourth-order valence-corrected chi connectivity index (χ4v) is 5.60. The standard InChI is InChI=1S/C25H16N.C19H24N.Ir/c1-2-6-18(7-3-1)21-14-15-26-25(17-21)22-13-12-20-11-10-19-8-4-5-9-23(19)24(20)16-22;1-18(2,3)15-9-7-8-14(12-15)17-13-16(10-11-20-17)19(4,5)6;/h1-12,14-17H;7,9-13H,1-6H3;/q2*-1;. The van der Waals surface area contributed by atoms with Crippen LogP contribution in [0.2, 0.25) is 0 Å². The molecule has 0 aliphatic rings. The number of aromatic nitrogens is 2. The van der Waals surface area contributed by atoms with Crippen molar-refractivity contribution in [1.82, 2.24) is 9.97 Å². The minimum absolute atomic E-state index is 0. The maximum absolute atomic E-state index is 4.59. The Balaban J connectivity index is 0.000000188. The molecule has 2 heterocycles. The summed E-state index contributed by atoms with van der Waals surface area (Å²) in [6, 6.07) is 49.0. The maximum Gasteiger partial charge on any atom is 0.0166 e. The molecule has 2 nitrogen and oxygen atoms in total. The third-order valence-corrected chi connectivity index (χ3v) is 8.39. The van der Waals surface area contributed by atoms with Gasteiger partial charge in [-0.25, -0.2) is 0 Å². The third kappa shape index (κ3) is 7.93. The molecule has 2 aromatic heterocycles. The van der Waals surface area contributed by atoms with E-state index in [0.717, 1.165) is 22.5 Å². The molecule has 7 rings (SSSR count). The number of pyridine rings is 2. The molecule has 0 spiro atoms. The number of hydrogen-bond donors (Lipinski definition) is 0. The Hall–Kier alpha value is -4.43. The van der Waals surface area contributed by atoms with Crippen LogP contribution >= 0.6 is 0 Å². The smallest absolute Gasteiger partial charge is 0.0166 e. The Morgan fingerprint density at radius 3 is 1.85 bits per heavy atom. The van der Waals surface area contributed by atoms with Crippen molar-refractivity contribution in [2.75, 3.05) is 0 Å². The van der Waals surface area contributed by atoms with Crippen LogP contribution in [-0.4, -0.2) is 9.97 Å². The molecule has 1 radical (unpaired) electrons. The molecule has 0 amide bonds. The average molecular weight is 789 g/mol. The molecule has 0 N–H and O–H groups in total. The molecule has 0 saturated heterocycles. The summed E-state index contributed by atoms with van der Waals surface area (Å²) in [5.74, 6) is 0. The molecule has 0 aliphatic heterocycles. The summed E-state index contributed by atoms with van der Waals surface area (Å²) in [4.78, 5) is 9.11. The number of rotatable bonds is 3. The predicted octanol–water partition coefficient (Wildman–Crippen LogP) is 11.7. The predicted molar refractivity (Wildman–Crippen MR) is 195 cm³/mol. The summed E-state index contributed by atoms with van der Waals surface area (Å²) < 4.78 is 0. The quantitative estimate of drug-likeness (QED) is 0.132. The van der Waals surface area contributed by atoms with Gasteiger partial charge in [0.25, 0.3) is 0 Å². The fraction of sp³-hybridized carbons (Fsp3) is 0.182. The Bertz CT molecular complexity index is 2060. The molecule has 7 aromatic rings. The van der Waals surface area contributed by atoms with Gasteiger partial charge in [-0.15, -0.1) is 59.2 Å². The van der Waals surface area contributed by atoms with Gasteiger partial charge in [0.2, 0.25) is 0 Å². The fourth-order valence-electron chi connectivity index (χ4n) is 5.60. The van der Waals surface area contributed by atoms with Crippen LogP contribution in [0.5, 0.6) is 0 Å². The Labute approximate surface area is 293 Å². The van der Waals surface area contributed by atoms with Crippen LogP contribution in [0.3, 0.4) is 0 Å². The molecule has 0 saturated carbocycles. The van der Waals surface area contributed by atoms with E-state index in [0.29, 0.717) is 0 Å². The molecule has 0 unspecified atom stereocenters. The maximum atomic E-state index is 4.59. The van der Waals surface area contributed by atoms with Crippen LogP contribution in [0, 0.1) is 12.1 Å². The van der Waals surface area contributed by atoms with E-state index in [-0.39, 0.29) is 30.9 Å². The van der Waals surface area contributed by atoms with Crippen LogP contribution in [0.4, 0.5) is 0 Å². The van der Waals surface area contributed by atoms with Crippen LogP contribution < -0.4 is 0 Å². The zero-order valence-corrected chi connectivity index (χ0v) is 30.3. The first-order valence-electron chi connectivity index (χ1n) is 15.9. The van der Waals surface area contributed by atoms with Crippen molar-refractivity contribution >= 4 is 21.5 Å². The van der Waals surface area contributed by atoms with E-state index in [1.807, 2.05) is 24.5 Å². The summed E-state index contributed by atoms with van der Waals surface area (Å²) in [5, 5.41) is 4.96. The Morgan fingerprint density at radius 1 is 0.489 bits per heavy atom.